The maximum Gasteiger partial charge on any atom is 0.472 e. The van der Waals surface area contributed by atoms with Gasteiger partial charge in [-0.1, -0.05) is 167 Å². The molecule has 1 fully saturated rings. The third-order valence-corrected chi connectivity index (χ3v) is 12.8. The third-order valence-electron chi connectivity index (χ3n) is 11.3. The van der Waals surface area contributed by atoms with Crippen LogP contribution in [0.15, 0.2) is 12.2 Å². The second-order valence-electron chi connectivity index (χ2n) is 17.2. The minimum Gasteiger partial charge on any atom is -0.462 e. The molecule has 0 aliphatic heterocycles. The van der Waals surface area contributed by atoms with Gasteiger partial charge in [0.15, 0.2) is 6.10 Å². The van der Waals surface area contributed by atoms with Crippen LogP contribution < -0.4 is 0 Å². The van der Waals surface area contributed by atoms with Gasteiger partial charge in [-0.05, 0) is 38.5 Å². The monoisotopic (exact) mass is 945 g/mol. The van der Waals surface area contributed by atoms with Gasteiger partial charge in [-0.15, -0.1) is 0 Å². The molecule has 16 nitrogen and oxygen atoms in total. The molecule has 0 aromatic carbocycles. The normalized spacial score (nSPS) is 22.0. The highest BCUT2D eigenvalue weighted by molar-refractivity contribution is 7.47. The molecule has 7 N–H and O–H groups in total. The van der Waals surface area contributed by atoms with E-state index in [2.05, 4.69) is 30.5 Å². The van der Waals surface area contributed by atoms with Gasteiger partial charge in [0.05, 0.1) is 6.61 Å². The molecule has 18 heteroatoms. The van der Waals surface area contributed by atoms with Crippen molar-refractivity contribution in [3.05, 3.63) is 12.2 Å². The van der Waals surface area contributed by atoms with E-state index in [9.17, 15) is 53.8 Å². The highest BCUT2D eigenvalue weighted by Crippen LogP contribution is 2.49. The number of aliphatic hydroxyl groups is 4. The molecular formula is C45H86O16P2. The summed E-state index contributed by atoms with van der Waals surface area (Å²) >= 11 is 0. The third kappa shape index (κ3) is 31.4. The van der Waals surface area contributed by atoms with Crippen molar-refractivity contribution in [3.8, 4) is 0 Å². The van der Waals surface area contributed by atoms with Crippen molar-refractivity contribution >= 4 is 27.6 Å². The van der Waals surface area contributed by atoms with E-state index in [0.29, 0.717) is 12.8 Å². The summed E-state index contributed by atoms with van der Waals surface area (Å²) in [5, 5.41) is 41.2. The first kappa shape index (κ1) is 59.8. The number of rotatable bonds is 41. The van der Waals surface area contributed by atoms with Crippen molar-refractivity contribution in [2.24, 2.45) is 0 Å². The van der Waals surface area contributed by atoms with Crippen molar-refractivity contribution in [2.75, 3.05) is 13.2 Å². The van der Waals surface area contributed by atoms with Gasteiger partial charge in [0, 0.05) is 12.8 Å². The molecular weight excluding hydrogens is 858 g/mol. The summed E-state index contributed by atoms with van der Waals surface area (Å²) in [6, 6.07) is 0. The molecule has 0 saturated heterocycles. The zero-order chi connectivity index (χ0) is 46.8. The SMILES string of the molecule is CCCCCCCC/C=C\CCCCCCCC(=O)O[C@H](COC(=O)CCCCCCCCCCCCCCCCC)COP(=O)(O)O[C@H]1[C@H](O)[C@@H](OP(=O)(O)O)[C@H](O)[C@@H](O)[C@H]1O. The predicted octanol–water partition coefficient (Wildman–Crippen LogP) is 9.18. The largest absolute Gasteiger partial charge is 0.472 e. The molecule has 0 aromatic rings. The van der Waals surface area contributed by atoms with Gasteiger partial charge in [0.1, 0.15) is 43.2 Å². The molecule has 0 heterocycles. The molecule has 0 bridgehead atoms. The van der Waals surface area contributed by atoms with Crippen molar-refractivity contribution in [1.29, 1.82) is 0 Å². The fraction of sp³-hybridized carbons (Fsp3) is 0.911. The van der Waals surface area contributed by atoms with Gasteiger partial charge in [-0.3, -0.25) is 23.2 Å². The van der Waals surface area contributed by atoms with Gasteiger partial charge in [-0.25, -0.2) is 9.13 Å². The lowest BCUT2D eigenvalue weighted by Crippen LogP contribution is -2.64. The van der Waals surface area contributed by atoms with E-state index in [1.54, 1.807) is 0 Å². The van der Waals surface area contributed by atoms with Crippen LogP contribution in [0.25, 0.3) is 0 Å². The quantitative estimate of drug-likeness (QED) is 0.0130. The predicted molar refractivity (Wildman–Crippen MR) is 241 cm³/mol. The Balaban J connectivity index is 2.58. The second-order valence-corrected chi connectivity index (χ2v) is 19.8. The average Bonchev–Trinajstić information content (AvgIpc) is 3.23. The summed E-state index contributed by atoms with van der Waals surface area (Å²) in [4.78, 5) is 54.3. The van der Waals surface area contributed by atoms with Gasteiger partial charge in [0.2, 0.25) is 0 Å². The van der Waals surface area contributed by atoms with Crippen molar-refractivity contribution < 1.29 is 76.9 Å². The van der Waals surface area contributed by atoms with E-state index in [1.807, 2.05) is 0 Å². The highest BCUT2D eigenvalue weighted by atomic mass is 31.2. The number of carbonyl (C=O) groups is 2. The van der Waals surface area contributed by atoms with Crippen LogP contribution >= 0.6 is 15.6 Å². The Labute approximate surface area is 378 Å². The Morgan fingerprint density at radius 2 is 0.873 bits per heavy atom. The van der Waals surface area contributed by atoms with E-state index in [4.69, 9.17) is 18.5 Å². The Morgan fingerprint density at radius 3 is 1.30 bits per heavy atom. The number of ether oxygens (including phenoxy) is 2. The second kappa shape index (κ2) is 36.8. The highest BCUT2D eigenvalue weighted by Gasteiger charge is 2.54. The molecule has 0 radical (unpaired) electrons. The fourth-order valence-electron chi connectivity index (χ4n) is 7.55. The van der Waals surface area contributed by atoms with Crippen LogP contribution in [-0.4, -0.2) is 103 Å². The fourth-order valence-corrected chi connectivity index (χ4v) is 9.09. The summed E-state index contributed by atoms with van der Waals surface area (Å²) in [6.07, 6.45) is 21.7. The molecule has 8 atom stereocenters. The number of unbranched alkanes of at least 4 members (excludes halogenated alkanes) is 25. The van der Waals surface area contributed by atoms with E-state index < -0.39 is 83.5 Å². The van der Waals surface area contributed by atoms with Gasteiger partial charge in [0.25, 0.3) is 0 Å². The van der Waals surface area contributed by atoms with Crippen LogP contribution in [0.4, 0.5) is 0 Å². The summed E-state index contributed by atoms with van der Waals surface area (Å²) in [5.41, 5.74) is 0. The summed E-state index contributed by atoms with van der Waals surface area (Å²) in [5.74, 6) is -1.20. The standard InChI is InChI=1S/C45H86O16P2/c1-3-5-7-9-11-13-15-17-19-21-23-25-27-29-31-33-38(46)57-35-37(59-39(47)34-32-30-28-26-24-22-20-18-16-14-12-10-8-6-4-2)36-58-63(55,56)61-45-42(50)40(48)41(49)44(43(45)51)60-62(52,53)54/h18,20,37,40-45,48-51H,3-17,19,21-36H2,1-2H3,(H,55,56)(H2,52,53,54)/b20-18-/t37-,40-,41-,42-,43-,44+,45-/m1/s1. The van der Waals surface area contributed by atoms with Gasteiger partial charge >= 0.3 is 27.6 Å². The average molecular weight is 945 g/mol. The Kier molecular flexibility index (Phi) is 34.9. The molecule has 0 aromatic heterocycles. The first-order valence-electron chi connectivity index (χ1n) is 24.2. The first-order valence-corrected chi connectivity index (χ1v) is 27.3. The summed E-state index contributed by atoms with van der Waals surface area (Å²) in [6.45, 7) is 3.11. The topological polar surface area (TPSA) is 256 Å². The molecule has 1 saturated carbocycles. The Morgan fingerprint density at radius 1 is 0.492 bits per heavy atom. The maximum atomic E-state index is 13.0. The zero-order valence-electron chi connectivity index (χ0n) is 38.5. The Hall–Kier alpha value is -1.26. The lowest BCUT2D eigenvalue weighted by Gasteiger charge is -2.43. The van der Waals surface area contributed by atoms with E-state index in [0.717, 1.165) is 64.2 Å². The number of allylic oxidation sites excluding steroid dienone is 2. The van der Waals surface area contributed by atoms with Crippen LogP contribution in [0.1, 0.15) is 206 Å². The molecule has 1 rings (SSSR count). The number of phosphoric acid groups is 2. The molecule has 0 amide bonds. The molecule has 1 unspecified atom stereocenters. The van der Waals surface area contributed by atoms with E-state index >= 15 is 0 Å². The summed E-state index contributed by atoms with van der Waals surface area (Å²) in [7, 11) is -10.7. The molecule has 372 valence electrons. The molecule has 1 aliphatic rings. The number of carbonyl (C=O) groups excluding carboxylic acids is 2. The van der Waals surface area contributed by atoms with Crippen LogP contribution in [-0.2, 0) is 41.8 Å². The van der Waals surface area contributed by atoms with Crippen molar-refractivity contribution in [3.63, 3.8) is 0 Å². The maximum absolute atomic E-state index is 13.0. The molecule has 1 aliphatic carbocycles. The number of hydrogen-bond donors (Lipinski definition) is 7. The number of hydrogen-bond acceptors (Lipinski definition) is 13. The number of aliphatic hydroxyl groups excluding tert-OH is 4. The van der Waals surface area contributed by atoms with Gasteiger partial charge < -0.3 is 44.6 Å². The van der Waals surface area contributed by atoms with Crippen LogP contribution in [0.5, 0.6) is 0 Å². The van der Waals surface area contributed by atoms with Crippen LogP contribution in [0, 0.1) is 0 Å². The lowest BCUT2D eigenvalue weighted by atomic mass is 9.85. The summed E-state index contributed by atoms with van der Waals surface area (Å²) < 4.78 is 49.4. The van der Waals surface area contributed by atoms with Crippen LogP contribution in [0.3, 0.4) is 0 Å². The van der Waals surface area contributed by atoms with Gasteiger partial charge in [-0.2, -0.15) is 0 Å². The smallest absolute Gasteiger partial charge is 0.462 e. The lowest BCUT2D eigenvalue weighted by molar-refractivity contribution is -0.216. The van der Waals surface area contributed by atoms with Crippen molar-refractivity contribution in [1.82, 2.24) is 0 Å². The minimum absolute atomic E-state index is 0.0383. The van der Waals surface area contributed by atoms with E-state index in [-0.39, 0.29) is 12.8 Å². The van der Waals surface area contributed by atoms with Crippen molar-refractivity contribution in [2.45, 2.75) is 249 Å². The van der Waals surface area contributed by atoms with E-state index in [1.165, 1.54) is 103 Å². The minimum atomic E-state index is -5.36. The first-order chi connectivity index (χ1) is 30.1. The number of phosphoric ester groups is 2. The Bertz CT molecular complexity index is 1280. The van der Waals surface area contributed by atoms with Crippen LogP contribution in [0.2, 0.25) is 0 Å². The molecule has 63 heavy (non-hydrogen) atoms. The zero-order valence-corrected chi connectivity index (χ0v) is 40.3. The molecule has 0 spiro atoms. The number of esters is 2.